The molecule has 0 atom stereocenters. The molecule has 1 aromatic rings. The van der Waals surface area contributed by atoms with Crippen molar-refractivity contribution in [3.05, 3.63) is 23.9 Å². The van der Waals surface area contributed by atoms with Crippen LogP contribution in [0.25, 0.3) is 0 Å². The maximum absolute atomic E-state index is 5.81. The van der Waals surface area contributed by atoms with Crippen molar-refractivity contribution in [3.8, 4) is 0 Å². The molecule has 2 rings (SSSR count). The Kier molecular flexibility index (Phi) is 3.47. The highest BCUT2D eigenvalue weighted by molar-refractivity contribution is 6.17. The summed E-state index contributed by atoms with van der Waals surface area (Å²) in [6.07, 6.45) is 4.39. The molecular weight excluding hydrogens is 208 g/mol. The normalized spacial score (nSPS) is 18.1. The molecule has 82 valence electrons. The van der Waals surface area contributed by atoms with Crippen molar-refractivity contribution in [1.82, 2.24) is 4.98 Å². The van der Waals surface area contributed by atoms with Crippen molar-refractivity contribution in [3.63, 3.8) is 0 Å². The number of pyridine rings is 1. The molecule has 1 saturated heterocycles. The third kappa shape index (κ3) is 2.63. The molecule has 2 nitrogen and oxygen atoms in total. The summed E-state index contributed by atoms with van der Waals surface area (Å²) < 4.78 is 0. The predicted octanol–water partition coefficient (Wildman–Crippen LogP) is 3.06. The molecule has 0 saturated carbocycles. The Bertz CT molecular complexity index is 319. The molecular formula is C12H17ClN2. The van der Waals surface area contributed by atoms with E-state index in [1.54, 1.807) is 0 Å². The molecule has 0 amide bonds. The minimum absolute atomic E-state index is 0.569. The Morgan fingerprint density at radius 2 is 2.20 bits per heavy atom. The Labute approximate surface area is 96.3 Å². The van der Waals surface area contributed by atoms with Gasteiger partial charge in [0.25, 0.3) is 0 Å². The number of nitrogens with zero attached hydrogens (tertiary/aromatic N) is 2. The van der Waals surface area contributed by atoms with E-state index in [4.69, 9.17) is 11.6 Å². The second kappa shape index (κ2) is 4.84. The number of aromatic nitrogens is 1. The van der Waals surface area contributed by atoms with Gasteiger partial charge in [-0.15, -0.1) is 11.6 Å². The van der Waals surface area contributed by atoms with Gasteiger partial charge in [-0.25, -0.2) is 4.98 Å². The topological polar surface area (TPSA) is 16.1 Å². The zero-order valence-electron chi connectivity index (χ0n) is 9.12. The molecule has 2 heterocycles. The van der Waals surface area contributed by atoms with Gasteiger partial charge in [-0.05, 0) is 36.5 Å². The molecule has 0 unspecified atom stereocenters. The van der Waals surface area contributed by atoms with Crippen molar-refractivity contribution in [2.24, 2.45) is 5.92 Å². The van der Waals surface area contributed by atoms with Crippen LogP contribution in [0, 0.1) is 5.92 Å². The van der Waals surface area contributed by atoms with Crippen LogP contribution >= 0.6 is 11.6 Å². The summed E-state index contributed by atoms with van der Waals surface area (Å²) in [5, 5.41) is 0. The van der Waals surface area contributed by atoms with Gasteiger partial charge in [0, 0.05) is 25.2 Å². The molecule has 0 aromatic carbocycles. The highest BCUT2D eigenvalue weighted by Gasteiger charge is 2.16. The van der Waals surface area contributed by atoms with E-state index in [2.05, 4.69) is 22.9 Å². The zero-order valence-corrected chi connectivity index (χ0v) is 9.87. The zero-order chi connectivity index (χ0) is 10.7. The van der Waals surface area contributed by atoms with Gasteiger partial charge < -0.3 is 4.90 Å². The summed E-state index contributed by atoms with van der Waals surface area (Å²) in [7, 11) is 0. The van der Waals surface area contributed by atoms with Crippen LogP contribution in [-0.2, 0) is 5.88 Å². The third-order valence-corrected chi connectivity index (χ3v) is 3.38. The minimum atomic E-state index is 0.569. The van der Waals surface area contributed by atoms with E-state index >= 15 is 0 Å². The van der Waals surface area contributed by atoms with Gasteiger partial charge in [0.15, 0.2) is 0 Å². The first-order chi connectivity index (χ1) is 7.29. The highest BCUT2D eigenvalue weighted by Crippen LogP contribution is 2.22. The van der Waals surface area contributed by atoms with Crippen LogP contribution in [0.2, 0.25) is 0 Å². The van der Waals surface area contributed by atoms with Crippen LogP contribution in [-0.4, -0.2) is 18.1 Å². The third-order valence-electron chi connectivity index (χ3n) is 3.07. The summed E-state index contributed by atoms with van der Waals surface area (Å²) in [6.45, 7) is 4.57. The fourth-order valence-electron chi connectivity index (χ4n) is 1.95. The molecule has 0 radical (unpaired) electrons. The summed E-state index contributed by atoms with van der Waals surface area (Å²) >= 11 is 5.81. The molecule has 15 heavy (non-hydrogen) atoms. The smallest absolute Gasteiger partial charge is 0.128 e. The molecule has 0 aliphatic carbocycles. The maximum Gasteiger partial charge on any atom is 0.128 e. The van der Waals surface area contributed by atoms with Gasteiger partial charge in [0.2, 0.25) is 0 Å². The van der Waals surface area contributed by atoms with E-state index in [1.165, 1.54) is 12.8 Å². The van der Waals surface area contributed by atoms with E-state index in [0.717, 1.165) is 30.4 Å². The van der Waals surface area contributed by atoms with Crippen molar-refractivity contribution in [1.29, 1.82) is 0 Å². The van der Waals surface area contributed by atoms with Crippen LogP contribution in [0.1, 0.15) is 25.3 Å². The van der Waals surface area contributed by atoms with Gasteiger partial charge in [-0.3, -0.25) is 0 Å². The van der Waals surface area contributed by atoms with Crippen LogP contribution in [0.3, 0.4) is 0 Å². The lowest BCUT2D eigenvalue weighted by atomic mass is 9.99. The fraction of sp³-hybridized carbons (Fsp3) is 0.583. The van der Waals surface area contributed by atoms with Gasteiger partial charge in [0.1, 0.15) is 5.82 Å². The van der Waals surface area contributed by atoms with Crippen molar-refractivity contribution >= 4 is 17.4 Å². The molecule has 1 aliphatic rings. The van der Waals surface area contributed by atoms with Crippen LogP contribution in [0.5, 0.6) is 0 Å². The van der Waals surface area contributed by atoms with Gasteiger partial charge in [0.05, 0.1) is 0 Å². The number of rotatable bonds is 2. The minimum Gasteiger partial charge on any atom is -0.357 e. The van der Waals surface area contributed by atoms with Crippen LogP contribution in [0.15, 0.2) is 18.3 Å². The first kappa shape index (κ1) is 10.7. The lowest BCUT2D eigenvalue weighted by Gasteiger charge is -2.31. The van der Waals surface area contributed by atoms with Crippen molar-refractivity contribution in [2.45, 2.75) is 25.6 Å². The summed E-state index contributed by atoms with van der Waals surface area (Å²) in [4.78, 5) is 6.76. The number of anilines is 1. The Balaban J connectivity index is 2.08. The van der Waals surface area contributed by atoms with Gasteiger partial charge >= 0.3 is 0 Å². The van der Waals surface area contributed by atoms with E-state index in [1.807, 2.05) is 12.3 Å². The second-order valence-corrected chi connectivity index (χ2v) is 4.59. The highest BCUT2D eigenvalue weighted by atomic mass is 35.5. The standard InChI is InChI=1S/C12H17ClN2/c1-10-3-6-15(7-4-10)12-8-11(9-13)2-5-14-12/h2,5,8,10H,3-4,6-7,9H2,1H3. The summed E-state index contributed by atoms with van der Waals surface area (Å²) in [6, 6.07) is 4.08. The lowest BCUT2D eigenvalue weighted by molar-refractivity contribution is 0.436. The van der Waals surface area contributed by atoms with E-state index in [9.17, 15) is 0 Å². The summed E-state index contributed by atoms with van der Waals surface area (Å²) in [5.41, 5.74) is 1.15. The second-order valence-electron chi connectivity index (χ2n) is 4.33. The molecule has 1 aromatic heterocycles. The SMILES string of the molecule is CC1CCN(c2cc(CCl)ccn2)CC1. The van der Waals surface area contributed by atoms with E-state index in [-0.39, 0.29) is 0 Å². The molecule has 3 heteroatoms. The average molecular weight is 225 g/mol. The largest absolute Gasteiger partial charge is 0.357 e. The summed E-state index contributed by atoms with van der Waals surface area (Å²) in [5.74, 6) is 2.51. The number of hydrogen-bond donors (Lipinski definition) is 0. The van der Waals surface area contributed by atoms with Crippen LogP contribution < -0.4 is 4.90 Å². The Morgan fingerprint density at radius 1 is 1.47 bits per heavy atom. The number of halogens is 1. The lowest BCUT2D eigenvalue weighted by Crippen LogP contribution is -2.33. The van der Waals surface area contributed by atoms with E-state index in [0.29, 0.717) is 5.88 Å². The monoisotopic (exact) mass is 224 g/mol. The first-order valence-corrected chi connectivity index (χ1v) is 6.09. The van der Waals surface area contributed by atoms with E-state index < -0.39 is 0 Å². The quantitative estimate of drug-likeness (QED) is 0.718. The fourth-order valence-corrected chi connectivity index (χ4v) is 2.12. The molecule has 1 aliphatic heterocycles. The Hall–Kier alpha value is -0.760. The van der Waals surface area contributed by atoms with Crippen molar-refractivity contribution in [2.75, 3.05) is 18.0 Å². The number of piperidine rings is 1. The maximum atomic E-state index is 5.81. The number of hydrogen-bond acceptors (Lipinski definition) is 2. The van der Waals surface area contributed by atoms with Crippen molar-refractivity contribution < 1.29 is 0 Å². The first-order valence-electron chi connectivity index (χ1n) is 5.55. The van der Waals surface area contributed by atoms with Gasteiger partial charge in [-0.1, -0.05) is 6.92 Å². The van der Waals surface area contributed by atoms with Gasteiger partial charge in [-0.2, -0.15) is 0 Å². The van der Waals surface area contributed by atoms with Crippen LogP contribution in [0.4, 0.5) is 5.82 Å². The molecule has 0 N–H and O–H groups in total. The molecule has 0 spiro atoms. The predicted molar refractivity (Wildman–Crippen MR) is 64.4 cm³/mol. The molecule has 1 fully saturated rings. The number of alkyl halides is 1. The average Bonchev–Trinajstić information content (AvgIpc) is 2.30. The molecule has 0 bridgehead atoms. The Morgan fingerprint density at radius 3 is 2.87 bits per heavy atom.